The van der Waals surface area contributed by atoms with Crippen LogP contribution in [0.1, 0.15) is 12.5 Å². The van der Waals surface area contributed by atoms with E-state index in [1.54, 1.807) is 6.92 Å². The van der Waals surface area contributed by atoms with Crippen LogP contribution in [0.3, 0.4) is 0 Å². The molecule has 17 heavy (non-hydrogen) atoms. The molecule has 1 aromatic carbocycles. The average Bonchev–Trinajstić information content (AvgIpc) is 2.27. The molecule has 94 valence electrons. The molecule has 1 unspecified atom stereocenters. The molecule has 0 saturated heterocycles. The van der Waals surface area contributed by atoms with Crippen LogP contribution in [-0.4, -0.2) is 25.3 Å². The molecular weight excluding hydrogens is 227 g/mol. The van der Waals surface area contributed by atoms with Crippen molar-refractivity contribution < 1.29 is 23.8 Å². The highest BCUT2D eigenvalue weighted by Crippen LogP contribution is 2.33. The van der Waals surface area contributed by atoms with Crippen LogP contribution in [0.2, 0.25) is 0 Å². The third-order valence-electron chi connectivity index (χ3n) is 2.47. The molecule has 1 N–H and O–H groups in total. The zero-order valence-corrected chi connectivity index (χ0v) is 9.99. The maximum absolute atomic E-state index is 13.3. The number of aliphatic carboxylic acids is 1. The smallest absolute Gasteiger partial charge is 0.306 e. The highest BCUT2D eigenvalue weighted by Gasteiger charge is 2.18. The first-order valence-electron chi connectivity index (χ1n) is 5.12. The van der Waals surface area contributed by atoms with E-state index in [2.05, 4.69) is 0 Å². The lowest BCUT2D eigenvalue weighted by molar-refractivity contribution is -0.141. The number of halogens is 1. The predicted molar refractivity (Wildman–Crippen MR) is 60.0 cm³/mol. The van der Waals surface area contributed by atoms with Gasteiger partial charge in [0.15, 0.2) is 11.5 Å². The summed E-state index contributed by atoms with van der Waals surface area (Å²) < 4.78 is 23.4. The molecule has 4 nitrogen and oxygen atoms in total. The van der Waals surface area contributed by atoms with Crippen LogP contribution in [-0.2, 0) is 11.2 Å². The lowest BCUT2D eigenvalue weighted by Gasteiger charge is -2.14. The second-order valence-corrected chi connectivity index (χ2v) is 3.74. The molecule has 0 bridgehead atoms. The Bertz CT molecular complexity index is 417. The minimum atomic E-state index is -0.935. The summed E-state index contributed by atoms with van der Waals surface area (Å²) in [5.41, 5.74) is 0.485. The summed E-state index contributed by atoms with van der Waals surface area (Å²) in [4.78, 5) is 10.8. The number of carboxylic acid groups (broad SMARTS) is 1. The summed E-state index contributed by atoms with van der Waals surface area (Å²) in [6.07, 6.45) is 0.187. The number of benzene rings is 1. The Morgan fingerprint density at radius 2 is 2.06 bits per heavy atom. The van der Waals surface area contributed by atoms with Gasteiger partial charge in [0.1, 0.15) is 5.82 Å². The van der Waals surface area contributed by atoms with Crippen LogP contribution in [0, 0.1) is 11.7 Å². The topological polar surface area (TPSA) is 55.8 Å². The number of carbonyl (C=O) groups is 1. The standard InChI is InChI=1S/C12H15FO4/c1-7(12(14)15)4-8-5-9(13)6-10(16-2)11(8)17-3/h5-7H,4H2,1-3H3,(H,14,15). The van der Waals surface area contributed by atoms with Crippen molar-refractivity contribution in [3.05, 3.63) is 23.5 Å². The van der Waals surface area contributed by atoms with Crippen molar-refractivity contribution in [2.75, 3.05) is 14.2 Å². The molecule has 5 heteroatoms. The van der Waals surface area contributed by atoms with Crippen LogP contribution >= 0.6 is 0 Å². The molecule has 1 rings (SSSR count). The summed E-state index contributed by atoms with van der Waals surface area (Å²) in [6, 6.07) is 2.47. The largest absolute Gasteiger partial charge is 0.493 e. The van der Waals surface area contributed by atoms with Crippen molar-refractivity contribution in [3.63, 3.8) is 0 Å². The SMILES string of the molecule is COc1cc(F)cc(CC(C)C(=O)O)c1OC. The Morgan fingerprint density at radius 1 is 1.41 bits per heavy atom. The number of hydrogen-bond donors (Lipinski definition) is 1. The molecule has 0 heterocycles. The first kappa shape index (κ1) is 13.3. The predicted octanol–water partition coefficient (Wildman–Crippen LogP) is 2.11. The van der Waals surface area contributed by atoms with Crippen LogP contribution in [0.4, 0.5) is 4.39 Å². The van der Waals surface area contributed by atoms with Gasteiger partial charge in [-0.2, -0.15) is 0 Å². The van der Waals surface area contributed by atoms with Gasteiger partial charge >= 0.3 is 5.97 Å². The Balaban J connectivity index is 3.12. The highest BCUT2D eigenvalue weighted by atomic mass is 19.1. The maximum Gasteiger partial charge on any atom is 0.306 e. The van der Waals surface area contributed by atoms with Gasteiger partial charge in [0.2, 0.25) is 0 Å². The highest BCUT2D eigenvalue weighted by molar-refractivity contribution is 5.70. The van der Waals surface area contributed by atoms with Gasteiger partial charge in [-0.3, -0.25) is 4.79 Å². The molecule has 0 radical (unpaired) electrons. The molecule has 0 aliphatic rings. The van der Waals surface area contributed by atoms with E-state index in [0.717, 1.165) is 0 Å². The molecule has 0 spiro atoms. The zero-order valence-electron chi connectivity index (χ0n) is 9.99. The van der Waals surface area contributed by atoms with Crippen molar-refractivity contribution in [2.45, 2.75) is 13.3 Å². The summed E-state index contributed by atoms with van der Waals surface area (Å²) >= 11 is 0. The third kappa shape index (κ3) is 3.09. The molecule has 0 aromatic heterocycles. The molecule has 0 fully saturated rings. The van der Waals surface area contributed by atoms with Gasteiger partial charge in [-0.1, -0.05) is 6.92 Å². The molecule has 0 amide bonds. The summed E-state index contributed by atoms with van der Waals surface area (Å²) in [6.45, 7) is 1.55. The van der Waals surface area contributed by atoms with Gasteiger partial charge in [0, 0.05) is 11.6 Å². The van der Waals surface area contributed by atoms with Gasteiger partial charge in [-0.05, 0) is 12.5 Å². The lowest BCUT2D eigenvalue weighted by Crippen LogP contribution is -2.13. The van der Waals surface area contributed by atoms with Gasteiger partial charge in [0.25, 0.3) is 0 Å². The van der Waals surface area contributed by atoms with E-state index in [-0.39, 0.29) is 12.2 Å². The van der Waals surface area contributed by atoms with E-state index in [9.17, 15) is 9.18 Å². The lowest BCUT2D eigenvalue weighted by atomic mass is 10.00. The van der Waals surface area contributed by atoms with Gasteiger partial charge in [-0.15, -0.1) is 0 Å². The second-order valence-electron chi connectivity index (χ2n) is 3.74. The number of rotatable bonds is 5. The van der Waals surface area contributed by atoms with Crippen molar-refractivity contribution in [1.82, 2.24) is 0 Å². The molecule has 0 saturated carbocycles. The van der Waals surface area contributed by atoms with E-state index in [0.29, 0.717) is 11.3 Å². The van der Waals surface area contributed by atoms with Crippen molar-refractivity contribution in [1.29, 1.82) is 0 Å². The molecule has 1 atom stereocenters. The first-order valence-corrected chi connectivity index (χ1v) is 5.12. The number of carboxylic acids is 1. The molecule has 0 aliphatic carbocycles. The van der Waals surface area contributed by atoms with Gasteiger partial charge in [-0.25, -0.2) is 4.39 Å². The van der Waals surface area contributed by atoms with Crippen molar-refractivity contribution in [2.24, 2.45) is 5.92 Å². The minimum absolute atomic E-state index is 0.187. The van der Waals surface area contributed by atoms with E-state index >= 15 is 0 Å². The third-order valence-corrected chi connectivity index (χ3v) is 2.47. The summed E-state index contributed by atoms with van der Waals surface area (Å²) in [5.74, 6) is -1.39. The van der Waals surface area contributed by atoms with E-state index < -0.39 is 17.7 Å². The maximum atomic E-state index is 13.3. The average molecular weight is 242 g/mol. The molecule has 1 aromatic rings. The first-order chi connectivity index (χ1) is 7.99. The van der Waals surface area contributed by atoms with E-state index in [1.807, 2.05) is 0 Å². The van der Waals surface area contributed by atoms with Crippen molar-refractivity contribution >= 4 is 5.97 Å². The van der Waals surface area contributed by atoms with E-state index in [1.165, 1.54) is 26.4 Å². The zero-order chi connectivity index (χ0) is 13.0. The Hall–Kier alpha value is -1.78. The summed E-state index contributed by atoms with van der Waals surface area (Å²) in [7, 11) is 2.84. The summed E-state index contributed by atoms with van der Waals surface area (Å²) in [5, 5.41) is 8.84. The Kier molecular flexibility index (Phi) is 4.31. The minimum Gasteiger partial charge on any atom is -0.493 e. The molecule has 0 aliphatic heterocycles. The van der Waals surface area contributed by atoms with Crippen LogP contribution in [0.25, 0.3) is 0 Å². The fourth-order valence-electron chi connectivity index (χ4n) is 1.57. The Labute approximate surface area is 99.0 Å². The van der Waals surface area contributed by atoms with E-state index in [4.69, 9.17) is 14.6 Å². The van der Waals surface area contributed by atoms with Gasteiger partial charge in [0.05, 0.1) is 20.1 Å². The number of methoxy groups -OCH3 is 2. The van der Waals surface area contributed by atoms with Crippen LogP contribution < -0.4 is 9.47 Å². The van der Waals surface area contributed by atoms with Crippen molar-refractivity contribution in [3.8, 4) is 11.5 Å². The monoisotopic (exact) mass is 242 g/mol. The molecular formula is C12H15FO4. The number of hydrogen-bond acceptors (Lipinski definition) is 3. The normalized spacial score (nSPS) is 12.0. The number of ether oxygens (including phenoxy) is 2. The van der Waals surface area contributed by atoms with Crippen LogP contribution in [0.15, 0.2) is 12.1 Å². The Morgan fingerprint density at radius 3 is 2.53 bits per heavy atom. The quantitative estimate of drug-likeness (QED) is 0.859. The fraction of sp³-hybridized carbons (Fsp3) is 0.417. The second kappa shape index (κ2) is 5.52. The fourth-order valence-corrected chi connectivity index (χ4v) is 1.57. The van der Waals surface area contributed by atoms with Gasteiger partial charge < -0.3 is 14.6 Å². The van der Waals surface area contributed by atoms with Crippen LogP contribution in [0.5, 0.6) is 11.5 Å².